The van der Waals surface area contributed by atoms with Crippen LogP contribution in [-0.2, 0) is 23.7 Å². The van der Waals surface area contributed by atoms with E-state index in [1.165, 1.54) is 9.13 Å². The molecule has 32 heavy (non-hydrogen) atoms. The highest BCUT2D eigenvalue weighted by molar-refractivity contribution is 6.30. The molecule has 1 aliphatic heterocycles. The Morgan fingerprint density at radius 2 is 1.66 bits per heavy atom. The van der Waals surface area contributed by atoms with Crippen molar-refractivity contribution in [1.82, 2.24) is 19.0 Å². The molecular weight excluding hydrogens is 432 g/mol. The summed E-state index contributed by atoms with van der Waals surface area (Å²) in [6.45, 7) is 2.70. The minimum atomic E-state index is -0.286. The van der Waals surface area contributed by atoms with Gasteiger partial charge in [-0.25, -0.2) is 9.78 Å². The van der Waals surface area contributed by atoms with Gasteiger partial charge in [0.15, 0.2) is 5.65 Å². The molecule has 10 heteroatoms. The van der Waals surface area contributed by atoms with Gasteiger partial charge < -0.3 is 15.1 Å². The lowest BCUT2D eigenvalue weighted by molar-refractivity contribution is -0.133. The molecule has 0 atom stereocenters. The summed E-state index contributed by atoms with van der Waals surface area (Å²) >= 11 is 5.94. The van der Waals surface area contributed by atoms with Gasteiger partial charge in [0.25, 0.3) is 0 Å². The average molecular weight is 457 g/mol. The van der Waals surface area contributed by atoms with Gasteiger partial charge in [0.2, 0.25) is 11.8 Å². The zero-order valence-electron chi connectivity index (χ0n) is 18.0. The number of halogens is 1. The lowest BCUT2D eigenvalue weighted by Crippen LogP contribution is -2.48. The Morgan fingerprint density at radius 1 is 0.969 bits per heavy atom. The standard InChI is InChI=1S/C22H25ClN6O3/c1-26-17-7-8-18(25-21(17)27(2)22(26)32)24-19(30)9-10-20(31)29-13-11-28(12-14-29)16-5-3-15(23)4-6-16/h3-8H,9-14H2,1-2H3,(H,24,25,30). The predicted octanol–water partition coefficient (Wildman–Crippen LogP) is 1.99. The number of amides is 2. The van der Waals surface area contributed by atoms with Crippen LogP contribution in [0.5, 0.6) is 0 Å². The molecule has 1 fully saturated rings. The summed E-state index contributed by atoms with van der Waals surface area (Å²) in [4.78, 5) is 45.3. The third kappa shape index (κ3) is 4.47. The maximum atomic E-state index is 12.6. The van der Waals surface area contributed by atoms with E-state index >= 15 is 0 Å². The van der Waals surface area contributed by atoms with E-state index in [4.69, 9.17) is 11.6 Å². The third-order valence-corrected chi connectivity index (χ3v) is 6.02. The van der Waals surface area contributed by atoms with Gasteiger partial charge in [-0.05, 0) is 36.4 Å². The molecule has 1 saturated heterocycles. The van der Waals surface area contributed by atoms with Crippen molar-refractivity contribution in [3.05, 3.63) is 51.9 Å². The normalized spacial score (nSPS) is 14.1. The largest absolute Gasteiger partial charge is 0.368 e. The molecule has 0 aliphatic carbocycles. The molecule has 1 N–H and O–H groups in total. The zero-order chi connectivity index (χ0) is 22.8. The number of fused-ring (bicyclic) bond motifs is 1. The van der Waals surface area contributed by atoms with Crippen LogP contribution >= 0.6 is 11.6 Å². The first-order chi connectivity index (χ1) is 15.3. The number of imidazole rings is 1. The number of hydrogen-bond acceptors (Lipinski definition) is 5. The van der Waals surface area contributed by atoms with Crippen molar-refractivity contribution in [3.63, 3.8) is 0 Å². The number of aryl methyl sites for hydroxylation is 2. The van der Waals surface area contributed by atoms with Crippen LogP contribution in [0.3, 0.4) is 0 Å². The number of aromatic nitrogens is 3. The average Bonchev–Trinajstić information content (AvgIpc) is 3.02. The van der Waals surface area contributed by atoms with Gasteiger partial charge in [0.05, 0.1) is 5.52 Å². The van der Waals surface area contributed by atoms with E-state index in [1.54, 1.807) is 31.1 Å². The van der Waals surface area contributed by atoms with Crippen molar-refractivity contribution in [3.8, 4) is 0 Å². The van der Waals surface area contributed by atoms with Crippen LogP contribution in [0.15, 0.2) is 41.2 Å². The monoisotopic (exact) mass is 456 g/mol. The van der Waals surface area contributed by atoms with Crippen LogP contribution in [-0.4, -0.2) is 57.0 Å². The topological polar surface area (TPSA) is 92.5 Å². The van der Waals surface area contributed by atoms with Crippen molar-refractivity contribution >= 4 is 46.1 Å². The lowest BCUT2D eigenvalue weighted by atomic mass is 10.2. The number of carbonyl (C=O) groups excluding carboxylic acids is 2. The highest BCUT2D eigenvalue weighted by atomic mass is 35.5. The van der Waals surface area contributed by atoms with Crippen molar-refractivity contribution in [1.29, 1.82) is 0 Å². The Balaban J connectivity index is 1.27. The molecule has 3 heterocycles. The second-order valence-electron chi connectivity index (χ2n) is 7.83. The van der Waals surface area contributed by atoms with E-state index in [0.717, 1.165) is 18.8 Å². The Labute approximate surface area is 190 Å². The van der Waals surface area contributed by atoms with Gasteiger partial charge in [-0.15, -0.1) is 0 Å². The smallest absolute Gasteiger partial charge is 0.329 e. The van der Waals surface area contributed by atoms with Gasteiger partial charge in [-0.3, -0.25) is 18.7 Å². The predicted molar refractivity (Wildman–Crippen MR) is 124 cm³/mol. The first-order valence-electron chi connectivity index (χ1n) is 10.4. The number of anilines is 2. The van der Waals surface area contributed by atoms with E-state index in [9.17, 15) is 14.4 Å². The van der Waals surface area contributed by atoms with Crippen molar-refractivity contribution in [2.75, 3.05) is 36.4 Å². The molecule has 1 aliphatic rings. The summed E-state index contributed by atoms with van der Waals surface area (Å²) in [5.41, 5.74) is 2.08. The molecule has 0 radical (unpaired) electrons. The van der Waals surface area contributed by atoms with Crippen LogP contribution < -0.4 is 15.9 Å². The van der Waals surface area contributed by atoms with E-state index < -0.39 is 0 Å². The van der Waals surface area contributed by atoms with Crippen LogP contribution in [0.1, 0.15) is 12.8 Å². The second kappa shape index (κ2) is 9.04. The van der Waals surface area contributed by atoms with E-state index in [2.05, 4.69) is 15.2 Å². The quantitative estimate of drug-likeness (QED) is 0.634. The fraction of sp³-hybridized carbons (Fsp3) is 0.364. The van der Waals surface area contributed by atoms with Gasteiger partial charge in [-0.2, -0.15) is 0 Å². The Bertz CT molecular complexity index is 1210. The van der Waals surface area contributed by atoms with Crippen LogP contribution in [0, 0.1) is 0 Å². The van der Waals surface area contributed by atoms with Gasteiger partial charge >= 0.3 is 5.69 Å². The van der Waals surface area contributed by atoms with Gasteiger partial charge in [0, 0.05) is 63.8 Å². The van der Waals surface area contributed by atoms with E-state index in [0.29, 0.717) is 35.1 Å². The Kier molecular flexibility index (Phi) is 6.18. The summed E-state index contributed by atoms with van der Waals surface area (Å²) in [5.74, 6) is 0.0310. The number of nitrogens with zero attached hydrogens (tertiary/aromatic N) is 5. The number of piperazine rings is 1. The number of pyridine rings is 1. The minimum absolute atomic E-state index is 0.0372. The summed E-state index contributed by atoms with van der Waals surface area (Å²) in [7, 11) is 3.31. The molecule has 168 valence electrons. The first-order valence-corrected chi connectivity index (χ1v) is 10.8. The fourth-order valence-corrected chi connectivity index (χ4v) is 4.01. The summed E-state index contributed by atoms with van der Waals surface area (Å²) < 4.78 is 2.93. The molecule has 3 aromatic rings. The molecule has 0 unspecified atom stereocenters. The molecule has 2 amide bonds. The third-order valence-electron chi connectivity index (χ3n) is 5.77. The fourth-order valence-electron chi connectivity index (χ4n) is 3.89. The lowest BCUT2D eigenvalue weighted by Gasteiger charge is -2.36. The van der Waals surface area contributed by atoms with Crippen molar-refractivity contribution < 1.29 is 9.59 Å². The zero-order valence-corrected chi connectivity index (χ0v) is 18.8. The summed E-state index contributed by atoms with van der Waals surface area (Å²) in [6, 6.07) is 11.1. The van der Waals surface area contributed by atoms with Crippen LogP contribution in [0.25, 0.3) is 11.2 Å². The molecule has 1 aromatic carbocycles. The molecular formula is C22H25ClN6O3. The molecule has 0 saturated carbocycles. The maximum Gasteiger partial charge on any atom is 0.329 e. The number of rotatable bonds is 5. The molecule has 4 rings (SSSR count). The SMILES string of the molecule is Cn1c(=O)n(C)c2nc(NC(=O)CCC(=O)N3CCN(c4ccc(Cl)cc4)CC3)ccc21. The maximum absolute atomic E-state index is 12.6. The van der Waals surface area contributed by atoms with Gasteiger partial charge in [0.1, 0.15) is 5.82 Å². The number of benzene rings is 1. The number of hydrogen-bond donors (Lipinski definition) is 1. The number of carbonyl (C=O) groups is 2. The van der Waals surface area contributed by atoms with E-state index in [-0.39, 0.29) is 30.3 Å². The van der Waals surface area contributed by atoms with Crippen molar-refractivity contribution in [2.24, 2.45) is 14.1 Å². The highest BCUT2D eigenvalue weighted by Crippen LogP contribution is 2.20. The number of nitrogens with one attached hydrogen (secondary N) is 1. The van der Waals surface area contributed by atoms with E-state index in [1.807, 2.05) is 24.3 Å². The van der Waals surface area contributed by atoms with Crippen LogP contribution in [0.4, 0.5) is 11.5 Å². The summed E-state index contributed by atoms with van der Waals surface area (Å²) in [6.07, 6.45) is 0.211. The first kappa shape index (κ1) is 21.9. The molecule has 9 nitrogen and oxygen atoms in total. The van der Waals surface area contributed by atoms with Gasteiger partial charge in [-0.1, -0.05) is 11.6 Å². The van der Waals surface area contributed by atoms with Crippen LogP contribution in [0.2, 0.25) is 5.02 Å². The molecule has 2 aromatic heterocycles. The summed E-state index contributed by atoms with van der Waals surface area (Å²) in [5, 5.41) is 3.41. The second-order valence-corrected chi connectivity index (χ2v) is 8.27. The Morgan fingerprint density at radius 3 is 2.34 bits per heavy atom. The Hall–Kier alpha value is -3.33. The molecule has 0 bridgehead atoms. The molecule has 0 spiro atoms. The highest BCUT2D eigenvalue weighted by Gasteiger charge is 2.22. The minimum Gasteiger partial charge on any atom is -0.368 e. The van der Waals surface area contributed by atoms with Crippen molar-refractivity contribution in [2.45, 2.75) is 12.8 Å².